The molecule has 0 aromatic heterocycles. The highest BCUT2D eigenvalue weighted by atomic mass is 32.2. The molecule has 0 fully saturated rings. The summed E-state index contributed by atoms with van der Waals surface area (Å²) in [5.74, 6) is -0.198. The van der Waals surface area contributed by atoms with E-state index < -0.39 is 10.0 Å². The zero-order valence-corrected chi connectivity index (χ0v) is 17.6. The molecule has 0 saturated carbocycles. The number of hydrogen-bond donors (Lipinski definition) is 2. The van der Waals surface area contributed by atoms with Gasteiger partial charge in [-0.15, -0.1) is 0 Å². The molecule has 0 aliphatic heterocycles. The number of nitrogens with zero attached hydrogens (tertiary/aromatic N) is 1. The van der Waals surface area contributed by atoms with E-state index in [1.807, 2.05) is 13.8 Å². The third kappa shape index (κ3) is 6.70. The summed E-state index contributed by atoms with van der Waals surface area (Å²) >= 11 is 0. The van der Waals surface area contributed by atoms with E-state index in [0.717, 1.165) is 6.54 Å². The second kappa shape index (κ2) is 10.0. The van der Waals surface area contributed by atoms with Crippen molar-refractivity contribution in [1.82, 2.24) is 14.9 Å². The van der Waals surface area contributed by atoms with Crippen molar-refractivity contribution in [2.45, 2.75) is 71.0 Å². The molecule has 7 heteroatoms. The Morgan fingerprint density at radius 1 is 1.04 bits per heavy atom. The number of nitrogens with one attached hydrogen (secondary N) is 2. The molecule has 1 amide bonds. The van der Waals surface area contributed by atoms with E-state index in [2.05, 4.69) is 42.6 Å². The second-order valence-electron chi connectivity index (χ2n) is 7.14. The number of hydrogen-bond acceptors (Lipinski definition) is 4. The van der Waals surface area contributed by atoms with E-state index >= 15 is 0 Å². The van der Waals surface area contributed by atoms with Crippen LogP contribution in [0.25, 0.3) is 0 Å². The molecule has 1 rings (SSSR count). The van der Waals surface area contributed by atoms with Crippen LogP contribution in [0.3, 0.4) is 0 Å². The third-order valence-corrected chi connectivity index (χ3v) is 5.98. The molecular weight excluding hydrogens is 350 g/mol. The van der Waals surface area contributed by atoms with Crippen LogP contribution in [-0.4, -0.2) is 50.4 Å². The molecule has 0 radical (unpaired) electrons. The van der Waals surface area contributed by atoms with Crippen LogP contribution in [0.2, 0.25) is 0 Å². The van der Waals surface area contributed by atoms with Gasteiger partial charge in [-0.05, 0) is 65.3 Å². The largest absolute Gasteiger partial charge is 0.351 e. The number of amides is 1. The maximum absolute atomic E-state index is 12.3. The summed E-state index contributed by atoms with van der Waals surface area (Å²) < 4.78 is 27.1. The SMILES string of the molecule is CCC(C)NS(=O)(=O)c1ccc(C(=O)NCCN(C(C)C)C(C)C)cc1. The number of rotatable bonds is 10. The van der Waals surface area contributed by atoms with Crippen LogP contribution in [0.15, 0.2) is 29.2 Å². The first-order valence-electron chi connectivity index (χ1n) is 9.24. The molecule has 148 valence electrons. The summed E-state index contributed by atoms with van der Waals surface area (Å²) in [5, 5.41) is 2.89. The summed E-state index contributed by atoms with van der Waals surface area (Å²) in [6.07, 6.45) is 0.712. The molecule has 0 heterocycles. The van der Waals surface area contributed by atoms with Gasteiger partial charge in [0.15, 0.2) is 0 Å². The summed E-state index contributed by atoms with van der Waals surface area (Å²) in [5.41, 5.74) is 0.452. The van der Waals surface area contributed by atoms with Crippen LogP contribution in [0.5, 0.6) is 0 Å². The van der Waals surface area contributed by atoms with Gasteiger partial charge in [-0.1, -0.05) is 6.92 Å². The van der Waals surface area contributed by atoms with Crippen molar-refractivity contribution in [3.8, 4) is 0 Å². The lowest BCUT2D eigenvalue weighted by molar-refractivity contribution is 0.0939. The normalized spacial score (nSPS) is 13.4. The predicted molar refractivity (Wildman–Crippen MR) is 106 cm³/mol. The molecule has 1 atom stereocenters. The summed E-state index contributed by atoms with van der Waals surface area (Å²) in [6.45, 7) is 13.6. The standard InChI is InChI=1S/C19H33N3O3S/c1-7-16(6)21-26(24,25)18-10-8-17(9-11-18)19(23)20-12-13-22(14(2)3)15(4)5/h8-11,14-16,21H,7,12-13H2,1-6H3,(H,20,23). The van der Waals surface area contributed by atoms with Gasteiger partial charge in [0, 0.05) is 36.8 Å². The summed E-state index contributed by atoms with van der Waals surface area (Å²) in [4.78, 5) is 14.7. The van der Waals surface area contributed by atoms with Crippen molar-refractivity contribution in [1.29, 1.82) is 0 Å². The van der Waals surface area contributed by atoms with Crippen LogP contribution in [-0.2, 0) is 10.0 Å². The highest BCUT2D eigenvalue weighted by Gasteiger charge is 2.17. The van der Waals surface area contributed by atoms with Crippen LogP contribution in [0.1, 0.15) is 58.3 Å². The first-order valence-corrected chi connectivity index (χ1v) is 10.7. The van der Waals surface area contributed by atoms with Crippen molar-refractivity contribution in [3.05, 3.63) is 29.8 Å². The molecule has 1 unspecified atom stereocenters. The van der Waals surface area contributed by atoms with E-state index in [1.165, 1.54) is 12.1 Å². The zero-order chi connectivity index (χ0) is 19.9. The molecule has 0 bridgehead atoms. The van der Waals surface area contributed by atoms with Gasteiger partial charge >= 0.3 is 0 Å². The van der Waals surface area contributed by atoms with Gasteiger partial charge in [0.1, 0.15) is 0 Å². The topological polar surface area (TPSA) is 78.5 Å². The minimum Gasteiger partial charge on any atom is -0.351 e. The quantitative estimate of drug-likeness (QED) is 0.651. The number of carbonyl (C=O) groups is 1. The van der Waals surface area contributed by atoms with Gasteiger partial charge in [-0.3, -0.25) is 9.69 Å². The predicted octanol–water partition coefficient (Wildman–Crippen LogP) is 2.61. The lowest BCUT2D eigenvalue weighted by atomic mass is 10.2. The minimum atomic E-state index is -3.55. The Morgan fingerprint density at radius 3 is 2.04 bits per heavy atom. The van der Waals surface area contributed by atoms with Crippen molar-refractivity contribution >= 4 is 15.9 Å². The van der Waals surface area contributed by atoms with E-state index in [9.17, 15) is 13.2 Å². The number of benzene rings is 1. The van der Waals surface area contributed by atoms with Gasteiger partial charge in [-0.2, -0.15) is 0 Å². The average Bonchev–Trinajstić information content (AvgIpc) is 2.57. The Morgan fingerprint density at radius 2 is 1.58 bits per heavy atom. The van der Waals surface area contributed by atoms with Gasteiger partial charge in [0.25, 0.3) is 5.91 Å². The molecule has 1 aromatic rings. The smallest absolute Gasteiger partial charge is 0.251 e. The molecule has 26 heavy (non-hydrogen) atoms. The monoisotopic (exact) mass is 383 g/mol. The van der Waals surface area contributed by atoms with Crippen LogP contribution >= 0.6 is 0 Å². The Labute approximate surface area is 158 Å². The maximum atomic E-state index is 12.3. The summed E-state index contributed by atoms with van der Waals surface area (Å²) in [6, 6.07) is 6.71. The highest BCUT2D eigenvalue weighted by molar-refractivity contribution is 7.89. The Balaban J connectivity index is 2.67. The van der Waals surface area contributed by atoms with Crippen LogP contribution < -0.4 is 10.0 Å². The van der Waals surface area contributed by atoms with Gasteiger partial charge in [-0.25, -0.2) is 13.1 Å². The molecule has 0 spiro atoms. The molecule has 0 aliphatic carbocycles. The second-order valence-corrected chi connectivity index (χ2v) is 8.85. The Hall–Kier alpha value is -1.44. The van der Waals surface area contributed by atoms with Crippen molar-refractivity contribution in [2.24, 2.45) is 0 Å². The lowest BCUT2D eigenvalue weighted by Gasteiger charge is -2.30. The molecular formula is C19H33N3O3S. The third-order valence-electron chi connectivity index (χ3n) is 4.38. The Kier molecular flexibility index (Phi) is 8.73. The fraction of sp³-hybridized carbons (Fsp3) is 0.632. The van der Waals surface area contributed by atoms with Crippen molar-refractivity contribution in [3.63, 3.8) is 0 Å². The molecule has 6 nitrogen and oxygen atoms in total. The Bertz CT molecular complexity index is 662. The lowest BCUT2D eigenvalue weighted by Crippen LogP contribution is -2.42. The molecule has 0 aliphatic rings. The van der Waals surface area contributed by atoms with Crippen molar-refractivity contribution < 1.29 is 13.2 Å². The highest BCUT2D eigenvalue weighted by Crippen LogP contribution is 2.12. The minimum absolute atomic E-state index is 0.132. The summed E-state index contributed by atoms with van der Waals surface area (Å²) in [7, 11) is -3.55. The molecule has 2 N–H and O–H groups in total. The van der Waals surface area contributed by atoms with E-state index in [-0.39, 0.29) is 16.8 Å². The fourth-order valence-electron chi connectivity index (χ4n) is 2.71. The van der Waals surface area contributed by atoms with Crippen LogP contribution in [0, 0.1) is 0 Å². The van der Waals surface area contributed by atoms with Gasteiger partial charge in [0.2, 0.25) is 10.0 Å². The first kappa shape index (κ1) is 22.6. The molecule has 0 saturated heterocycles. The number of sulfonamides is 1. The van der Waals surface area contributed by atoms with E-state index in [0.29, 0.717) is 30.6 Å². The van der Waals surface area contributed by atoms with Crippen molar-refractivity contribution in [2.75, 3.05) is 13.1 Å². The van der Waals surface area contributed by atoms with Gasteiger partial charge in [0.05, 0.1) is 4.90 Å². The van der Waals surface area contributed by atoms with Gasteiger partial charge < -0.3 is 5.32 Å². The fourth-order valence-corrected chi connectivity index (χ4v) is 4.04. The van der Waals surface area contributed by atoms with E-state index in [4.69, 9.17) is 0 Å². The zero-order valence-electron chi connectivity index (χ0n) is 16.7. The maximum Gasteiger partial charge on any atom is 0.251 e. The first-order chi connectivity index (χ1) is 12.1. The average molecular weight is 384 g/mol. The number of carbonyl (C=O) groups excluding carboxylic acids is 1. The van der Waals surface area contributed by atoms with E-state index in [1.54, 1.807) is 12.1 Å². The van der Waals surface area contributed by atoms with Crippen LogP contribution in [0.4, 0.5) is 0 Å². The molecule has 1 aromatic carbocycles.